The molecule has 0 saturated carbocycles. The number of Topliss-reactive ketones (excluding diaryl/α,β-unsaturated/α-hetero) is 1. The summed E-state index contributed by atoms with van der Waals surface area (Å²) in [5, 5.41) is 22.3. The quantitative estimate of drug-likeness (QED) is 0.243. The maximum absolute atomic E-state index is 13.3. The number of hydrogen-bond acceptors (Lipinski definition) is 6. The van der Waals surface area contributed by atoms with Crippen molar-refractivity contribution >= 4 is 40.7 Å². The van der Waals surface area contributed by atoms with Crippen molar-refractivity contribution in [1.82, 2.24) is 4.90 Å². The number of benzene rings is 3. The van der Waals surface area contributed by atoms with Gasteiger partial charge in [-0.1, -0.05) is 47.5 Å². The number of methoxy groups -OCH3 is 2. The Labute approximate surface area is 218 Å². The third-order valence-electron chi connectivity index (χ3n) is 6.01. The minimum Gasteiger partial charge on any atom is -0.508 e. The van der Waals surface area contributed by atoms with Crippen LogP contribution >= 0.6 is 23.2 Å². The second kappa shape index (κ2) is 10.5. The lowest BCUT2D eigenvalue weighted by Gasteiger charge is -2.25. The highest BCUT2D eigenvalue weighted by molar-refractivity contribution is 6.46. The van der Waals surface area contributed by atoms with Crippen molar-refractivity contribution in [3.05, 3.63) is 93.0 Å². The molecule has 36 heavy (non-hydrogen) atoms. The minimum absolute atomic E-state index is 0.0409. The summed E-state index contributed by atoms with van der Waals surface area (Å²) in [6.45, 7) is 0.184. The zero-order chi connectivity index (χ0) is 26.0. The van der Waals surface area contributed by atoms with Gasteiger partial charge in [0.05, 0.1) is 36.4 Å². The van der Waals surface area contributed by atoms with Crippen LogP contribution in [0.2, 0.25) is 10.0 Å². The Bertz CT molecular complexity index is 1350. The molecule has 0 aliphatic carbocycles. The third-order valence-corrected chi connectivity index (χ3v) is 6.56. The first-order valence-corrected chi connectivity index (χ1v) is 11.7. The number of aliphatic hydroxyl groups excluding tert-OH is 1. The average Bonchev–Trinajstić information content (AvgIpc) is 3.12. The fourth-order valence-electron chi connectivity index (χ4n) is 4.24. The van der Waals surface area contributed by atoms with Crippen LogP contribution in [0.5, 0.6) is 17.2 Å². The topological polar surface area (TPSA) is 96.3 Å². The summed E-state index contributed by atoms with van der Waals surface area (Å²) >= 11 is 12.3. The van der Waals surface area contributed by atoms with Crippen LogP contribution in [0, 0.1) is 0 Å². The van der Waals surface area contributed by atoms with E-state index < -0.39 is 23.5 Å². The summed E-state index contributed by atoms with van der Waals surface area (Å²) in [7, 11) is 2.84. The van der Waals surface area contributed by atoms with Gasteiger partial charge in [0.25, 0.3) is 11.7 Å². The van der Waals surface area contributed by atoms with Gasteiger partial charge in [0.1, 0.15) is 23.0 Å². The highest BCUT2D eigenvalue weighted by Crippen LogP contribution is 2.43. The number of carbonyl (C=O) groups excluding carboxylic acids is 2. The number of ketones is 1. The van der Waals surface area contributed by atoms with Crippen LogP contribution in [-0.4, -0.2) is 47.6 Å². The molecule has 186 valence electrons. The Kier molecular flexibility index (Phi) is 7.43. The molecule has 1 unspecified atom stereocenters. The molecule has 7 nitrogen and oxygen atoms in total. The van der Waals surface area contributed by atoms with Crippen LogP contribution in [0.25, 0.3) is 5.76 Å². The first kappa shape index (κ1) is 25.4. The van der Waals surface area contributed by atoms with Crippen molar-refractivity contribution in [2.24, 2.45) is 0 Å². The molecule has 0 radical (unpaired) electrons. The van der Waals surface area contributed by atoms with E-state index in [9.17, 15) is 19.8 Å². The molecule has 0 bridgehead atoms. The van der Waals surface area contributed by atoms with Crippen molar-refractivity contribution in [2.75, 3.05) is 20.8 Å². The predicted octanol–water partition coefficient (Wildman–Crippen LogP) is 5.38. The molecule has 1 amide bonds. The Morgan fingerprint density at radius 1 is 0.972 bits per heavy atom. The number of rotatable bonds is 7. The number of hydrogen-bond donors (Lipinski definition) is 2. The maximum atomic E-state index is 13.3. The van der Waals surface area contributed by atoms with Crippen molar-refractivity contribution in [3.63, 3.8) is 0 Å². The second-order valence-electron chi connectivity index (χ2n) is 8.15. The molecule has 1 heterocycles. The molecule has 0 aromatic heterocycles. The second-order valence-corrected chi connectivity index (χ2v) is 8.99. The number of carbonyl (C=O) groups is 2. The van der Waals surface area contributed by atoms with Gasteiger partial charge in [-0.15, -0.1) is 0 Å². The summed E-state index contributed by atoms with van der Waals surface area (Å²) in [5.74, 6) is -1.59. The summed E-state index contributed by atoms with van der Waals surface area (Å²) in [4.78, 5) is 27.8. The number of ether oxygens (including phenoxy) is 2. The smallest absolute Gasteiger partial charge is 0.295 e. The van der Waals surface area contributed by atoms with Crippen LogP contribution in [0.4, 0.5) is 0 Å². The standard InChI is InChI=1S/C27H23Cl2NO6/c1-35-21-14-22(36-2)20(29)13-19(21)25(32)23-24(16-4-3-5-18(31)12-16)30(27(34)26(23)33)11-10-15-6-8-17(28)9-7-15/h3-9,12-14,24,31-32H,10-11H2,1-2H3/b25-23+. The van der Waals surface area contributed by atoms with Crippen LogP contribution in [-0.2, 0) is 16.0 Å². The Balaban J connectivity index is 1.84. The van der Waals surface area contributed by atoms with E-state index in [2.05, 4.69) is 0 Å². The van der Waals surface area contributed by atoms with Gasteiger partial charge in [-0.3, -0.25) is 9.59 Å². The van der Waals surface area contributed by atoms with E-state index in [0.717, 1.165) is 5.56 Å². The molecule has 1 fully saturated rings. The van der Waals surface area contributed by atoms with Gasteiger partial charge in [-0.05, 0) is 47.9 Å². The minimum atomic E-state index is -0.949. The molecule has 1 aliphatic heterocycles. The highest BCUT2D eigenvalue weighted by atomic mass is 35.5. The van der Waals surface area contributed by atoms with E-state index >= 15 is 0 Å². The molecule has 0 spiro atoms. The van der Waals surface area contributed by atoms with E-state index in [1.54, 1.807) is 24.3 Å². The SMILES string of the molecule is COc1cc(OC)c(/C(O)=C2\C(=O)C(=O)N(CCc3ccc(Cl)cc3)C2c2cccc(O)c2)cc1Cl. The van der Waals surface area contributed by atoms with E-state index in [4.69, 9.17) is 32.7 Å². The lowest BCUT2D eigenvalue weighted by atomic mass is 9.94. The summed E-state index contributed by atoms with van der Waals surface area (Å²) in [6, 6.07) is 15.3. The Morgan fingerprint density at radius 3 is 2.31 bits per heavy atom. The maximum Gasteiger partial charge on any atom is 0.295 e. The molecular weight excluding hydrogens is 505 g/mol. The number of phenolic OH excluding ortho intramolecular Hbond substituents is 1. The monoisotopic (exact) mass is 527 g/mol. The number of aliphatic hydroxyl groups is 1. The molecule has 3 aromatic rings. The summed E-state index contributed by atoms with van der Waals surface area (Å²) in [5.41, 5.74) is 1.37. The Hall–Kier alpha value is -3.68. The number of aromatic hydroxyl groups is 1. The van der Waals surface area contributed by atoms with E-state index in [-0.39, 0.29) is 34.2 Å². The van der Waals surface area contributed by atoms with Gasteiger partial charge in [0, 0.05) is 17.6 Å². The van der Waals surface area contributed by atoms with Gasteiger partial charge in [0.2, 0.25) is 0 Å². The highest BCUT2D eigenvalue weighted by Gasteiger charge is 2.46. The van der Waals surface area contributed by atoms with Crippen LogP contribution in [0.1, 0.15) is 22.7 Å². The van der Waals surface area contributed by atoms with Crippen molar-refractivity contribution in [1.29, 1.82) is 0 Å². The zero-order valence-corrected chi connectivity index (χ0v) is 21.0. The fourth-order valence-corrected chi connectivity index (χ4v) is 4.61. The van der Waals surface area contributed by atoms with Crippen LogP contribution in [0.15, 0.2) is 66.2 Å². The van der Waals surface area contributed by atoms with E-state index in [1.807, 2.05) is 12.1 Å². The first-order valence-electron chi connectivity index (χ1n) is 11.0. The lowest BCUT2D eigenvalue weighted by molar-refractivity contribution is -0.139. The lowest BCUT2D eigenvalue weighted by Crippen LogP contribution is -2.31. The molecule has 9 heteroatoms. The van der Waals surface area contributed by atoms with Gasteiger partial charge >= 0.3 is 0 Å². The first-order chi connectivity index (χ1) is 17.2. The molecule has 1 atom stereocenters. The van der Waals surface area contributed by atoms with Gasteiger partial charge in [-0.25, -0.2) is 0 Å². The largest absolute Gasteiger partial charge is 0.508 e. The number of halogens is 2. The van der Waals surface area contributed by atoms with Crippen molar-refractivity contribution < 1.29 is 29.3 Å². The summed E-state index contributed by atoms with van der Waals surface area (Å²) in [6.07, 6.45) is 0.442. The zero-order valence-electron chi connectivity index (χ0n) is 19.5. The molecule has 1 aliphatic rings. The van der Waals surface area contributed by atoms with E-state index in [0.29, 0.717) is 22.8 Å². The molecule has 4 rings (SSSR count). The van der Waals surface area contributed by atoms with Gasteiger partial charge in [-0.2, -0.15) is 0 Å². The van der Waals surface area contributed by atoms with E-state index in [1.165, 1.54) is 43.4 Å². The Morgan fingerprint density at radius 2 is 1.67 bits per heavy atom. The molecule has 3 aromatic carbocycles. The number of likely N-dealkylation sites (tertiary alicyclic amines) is 1. The van der Waals surface area contributed by atoms with Crippen molar-refractivity contribution in [3.8, 4) is 17.2 Å². The van der Waals surface area contributed by atoms with Crippen LogP contribution < -0.4 is 9.47 Å². The van der Waals surface area contributed by atoms with Crippen LogP contribution in [0.3, 0.4) is 0 Å². The predicted molar refractivity (Wildman–Crippen MR) is 137 cm³/mol. The normalized spacial score (nSPS) is 16.9. The molecular formula is C27H23Cl2NO6. The van der Waals surface area contributed by atoms with Gasteiger partial charge in [0.15, 0.2) is 0 Å². The number of amides is 1. The third kappa shape index (κ3) is 4.85. The number of phenols is 1. The summed E-state index contributed by atoms with van der Waals surface area (Å²) < 4.78 is 10.6. The fraction of sp³-hybridized carbons (Fsp3) is 0.185. The molecule has 1 saturated heterocycles. The average molecular weight is 528 g/mol. The van der Waals surface area contributed by atoms with Crippen molar-refractivity contribution in [2.45, 2.75) is 12.5 Å². The number of nitrogens with zero attached hydrogens (tertiary/aromatic N) is 1. The van der Waals surface area contributed by atoms with Gasteiger partial charge < -0.3 is 24.6 Å². The molecule has 2 N–H and O–H groups in total.